The highest BCUT2D eigenvalue weighted by Gasteiger charge is 2.23. The van der Waals surface area contributed by atoms with Crippen molar-refractivity contribution >= 4 is 6.21 Å². The summed E-state index contributed by atoms with van der Waals surface area (Å²) in [5.74, 6) is 0. The Morgan fingerprint density at radius 2 is 1.58 bits per heavy atom. The molecule has 1 aliphatic heterocycles. The predicted octanol–water partition coefficient (Wildman–Crippen LogP) is 5.68. The van der Waals surface area contributed by atoms with Gasteiger partial charge in [0.15, 0.2) is 0 Å². The van der Waals surface area contributed by atoms with Crippen molar-refractivity contribution in [3.05, 3.63) is 12.2 Å². The summed E-state index contributed by atoms with van der Waals surface area (Å²) in [6.07, 6.45) is 23.6. The summed E-state index contributed by atoms with van der Waals surface area (Å²) >= 11 is 0. The highest BCUT2D eigenvalue weighted by atomic mass is 16.3. The van der Waals surface area contributed by atoms with E-state index in [9.17, 15) is 5.11 Å². The van der Waals surface area contributed by atoms with Gasteiger partial charge in [0.1, 0.15) is 12.4 Å². The molecular formula is C21H40N2O. The minimum absolute atomic E-state index is 0.213. The second-order valence-corrected chi connectivity index (χ2v) is 7.16. The number of rotatable bonds is 15. The largest absolute Gasteiger partial charge is 0.379 e. The molecule has 0 saturated carbocycles. The van der Waals surface area contributed by atoms with Crippen molar-refractivity contribution < 1.29 is 5.11 Å². The quantitative estimate of drug-likeness (QED) is 0.308. The van der Waals surface area contributed by atoms with Crippen molar-refractivity contribution in [1.29, 1.82) is 0 Å². The zero-order valence-electron chi connectivity index (χ0n) is 16.1. The van der Waals surface area contributed by atoms with Crippen LogP contribution in [0.15, 0.2) is 17.1 Å². The first-order valence-electron chi connectivity index (χ1n) is 10.4. The average molecular weight is 337 g/mol. The number of nitrogens with zero attached hydrogens (tertiary/aromatic N) is 2. The highest BCUT2D eigenvalue weighted by Crippen LogP contribution is 2.17. The van der Waals surface area contributed by atoms with Gasteiger partial charge in [-0.05, 0) is 45.4 Å². The lowest BCUT2D eigenvalue weighted by atomic mass is 10.1. The first kappa shape index (κ1) is 21.4. The Kier molecular flexibility index (Phi) is 13.1. The van der Waals surface area contributed by atoms with E-state index in [1.54, 1.807) is 0 Å². The Balaban J connectivity index is 1.84. The fraction of sp³-hybridized carbons (Fsp3) is 0.857. The number of aliphatic imine (C=N–C) groups is 1. The third kappa shape index (κ3) is 10.2. The molecule has 0 saturated heterocycles. The molecule has 1 aliphatic rings. The van der Waals surface area contributed by atoms with E-state index < -0.39 is 0 Å². The number of unbranched alkanes of at least 4 members (excludes halogenated alkanes) is 10. The van der Waals surface area contributed by atoms with Gasteiger partial charge < -0.3 is 5.11 Å². The lowest BCUT2D eigenvalue weighted by Gasteiger charge is -2.25. The second kappa shape index (κ2) is 14.7. The van der Waals surface area contributed by atoms with Gasteiger partial charge >= 0.3 is 0 Å². The van der Waals surface area contributed by atoms with Crippen LogP contribution in [-0.4, -0.2) is 35.2 Å². The summed E-state index contributed by atoms with van der Waals surface area (Å²) < 4.78 is 0. The van der Waals surface area contributed by atoms with Gasteiger partial charge in [-0.2, -0.15) is 0 Å². The summed E-state index contributed by atoms with van der Waals surface area (Å²) in [5, 5.41) is 9.68. The monoisotopic (exact) mass is 336 g/mol. The lowest BCUT2D eigenvalue weighted by molar-refractivity contribution is 0.00710. The number of allylic oxidation sites excluding steroid dienone is 2. The predicted molar refractivity (Wildman–Crippen MR) is 106 cm³/mol. The standard InChI is InChI=1S/C21H40N2O/c1-3-4-5-6-7-8-9-10-11-12-13-14-15-16-17-21-22-18-19-23(21)20(2)24/h9-10,18,20-21,24H,3-8,11-17,19H2,1-2H3/b10-9+. The van der Waals surface area contributed by atoms with Crippen LogP contribution in [0, 0.1) is 0 Å². The van der Waals surface area contributed by atoms with E-state index in [-0.39, 0.29) is 12.4 Å². The number of hydrogen-bond donors (Lipinski definition) is 1. The van der Waals surface area contributed by atoms with Crippen molar-refractivity contribution in [1.82, 2.24) is 4.90 Å². The molecule has 2 unspecified atom stereocenters. The van der Waals surface area contributed by atoms with E-state index in [1.165, 1.54) is 77.0 Å². The SMILES string of the molecule is CCCCCCC/C=C/CCCCCCCC1N=CCN1C(C)O. The molecule has 1 N–H and O–H groups in total. The molecule has 1 rings (SSSR count). The number of aliphatic hydroxyl groups is 1. The maximum absolute atomic E-state index is 9.68. The molecule has 0 bridgehead atoms. The molecule has 1 heterocycles. The lowest BCUT2D eigenvalue weighted by Crippen LogP contribution is -2.37. The van der Waals surface area contributed by atoms with E-state index >= 15 is 0 Å². The van der Waals surface area contributed by atoms with Gasteiger partial charge in [-0.1, -0.05) is 64.0 Å². The second-order valence-electron chi connectivity index (χ2n) is 7.16. The van der Waals surface area contributed by atoms with E-state index in [4.69, 9.17) is 0 Å². The van der Waals surface area contributed by atoms with Crippen molar-refractivity contribution in [2.45, 2.75) is 110 Å². The molecule has 2 atom stereocenters. The minimum atomic E-state index is -0.379. The van der Waals surface area contributed by atoms with Crippen molar-refractivity contribution in [2.24, 2.45) is 4.99 Å². The van der Waals surface area contributed by atoms with Crippen LogP contribution in [0.3, 0.4) is 0 Å². The number of hydrogen-bond acceptors (Lipinski definition) is 3. The molecular weight excluding hydrogens is 296 g/mol. The smallest absolute Gasteiger partial charge is 0.106 e. The Morgan fingerprint density at radius 3 is 2.21 bits per heavy atom. The summed E-state index contributed by atoms with van der Waals surface area (Å²) in [7, 11) is 0. The van der Waals surface area contributed by atoms with Crippen LogP contribution in [0.1, 0.15) is 97.3 Å². The van der Waals surface area contributed by atoms with Gasteiger partial charge in [-0.15, -0.1) is 0 Å². The third-order valence-electron chi connectivity index (χ3n) is 4.91. The molecule has 0 aromatic rings. The summed E-state index contributed by atoms with van der Waals surface area (Å²) in [4.78, 5) is 6.53. The highest BCUT2D eigenvalue weighted by molar-refractivity contribution is 5.62. The Bertz CT molecular complexity index is 339. The number of aliphatic hydroxyl groups excluding tert-OH is 1. The molecule has 0 aromatic carbocycles. The Hall–Kier alpha value is -0.670. The van der Waals surface area contributed by atoms with E-state index in [2.05, 4.69) is 29.0 Å². The first-order valence-corrected chi connectivity index (χ1v) is 10.4. The van der Waals surface area contributed by atoms with Crippen molar-refractivity contribution in [3.8, 4) is 0 Å². The van der Waals surface area contributed by atoms with Gasteiger partial charge in [-0.25, -0.2) is 0 Å². The molecule has 0 spiro atoms. The van der Waals surface area contributed by atoms with Gasteiger partial charge in [0.2, 0.25) is 0 Å². The van der Waals surface area contributed by atoms with Gasteiger partial charge in [0, 0.05) is 12.8 Å². The van der Waals surface area contributed by atoms with Crippen LogP contribution in [0.2, 0.25) is 0 Å². The van der Waals surface area contributed by atoms with E-state index in [0.717, 1.165) is 13.0 Å². The summed E-state index contributed by atoms with van der Waals surface area (Å²) in [5.41, 5.74) is 0. The van der Waals surface area contributed by atoms with E-state index in [0.29, 0.717) is 0 Å². The fourth-order valence-electron chi connectivity index (χ4n) is 3.33. The zero-order chi connectivity index (χ0) is 17.5. The minimum Gasteiger partial charge on any atom is -0.379 e. The normalized spacial score (nSPS) is 19.5. The molecule has 24 heavy (non-hydrogen) atoms. The average Bonchev–Trinajstić information content (AvgIpc) is 3.04. The molecule has 0 aliphatic carbocycles. The van der Waals surface area contributed by atoms with E-state index in [1.807, 2.05) is 13.1 Å². The first-order chi connectivity index (χ1) is 11.8. The van der Waals surface area contributed by atoms with Crippen molar-refractivity contribution in [2.75, 3.05) is 6.54 Å². The molecule has 0 amide bonds. The van der Waals surface area contributed by atoms with Gasteiger partial charge in [-0.3, -0.25) is 9.89 Å². The molecule has 0 radical (unpaired) electrons. The van der Waals surface area contributed by atoms with Gasteiger partial charge in [0.25, 0.3) is 0 Å². The van der Waals surface area contributed by atoms with Crippen LogP contribution in [-0.2, 0) is 0 Å². The maximum atomic E-state index is 9.68. The van der Waals surface area contributed by atoms with Crippen LogP contribution in [0.5, 0.6) is 0 Å². The summed E-state index contributed by atoms with van der Waals surface area (Å²) in [6.45, 7) is 4.90. The van der Waals surface area contributed by atoms with Crippen LogP contribution >= 0.6 is 0 Å². The molecule has 3 nitrogen and oxygen atoms in total. The Morgan fingerprint density at radius 1 is 1.00 bits per heavy atom. The molecule has 140 valence electrons. The van der Waals surface area contributed by atoms with Crippen LogP contribution in [0.25, 0.3) is 0 Å². The van der Waals surface area contributed by atoms with Crippen molar-refractivity contribution in [3.63, 3.8) is 0 Å². The van der Waals surface area contributed by atoms with Crippen LogP contribution in [0.4, 0.5) is 0 Å². The summed E-state index contributed by atoms with van der Waals surface area (Å²) in [6, 6.07) is 0. The third-order valence-corrected chi connectivity index (χ3v) is 4.91. The van der Waals surface area contributed by atoms with Gasteiger partial charge in [0.05, 0.1) is 0 Å². The molecule has 0 fully saturated rings. The molecule has 3 heteroatoms. The topological polar surface area (TPSA) is 35.8 Å². The fourth-order valence-corrected chi connectivity index (χ4v) is 3.33. The maximum Gasteiger partial charge on any atom is 0.106 e. The Labute approximate surface area is 150 Å². The molecule has 0 aromatic heterocycles. The van der Waals surface area contributed by atoms with Crippen LogP contribution < -0.4 is 0 Å². The zero-order valence-corrected chi connectivity index (χ0v) is 16.1.